The first kappa shape index (κ1) is 13.3. The predicted octanol–water partition coefficient (Wildman–Crippen LogP) is 4.36. The third kappa shape index (κ3) is 2.49. The van der Waals surface area contributed by atoms with Gasteiger partial charge in [-0.2, -0.15) is 0 Å². The third-order valence-electron chi connectivity index (χ3n) is 3.49. The predicted molar refractivity (Wildman–Crippen MR) is 83.1 cm³/mol. The summed E-state index contributed by atoms with van der Waals surface area (Å²) in [6.45, 7) is 7.11. The van der Waals surface area contributed by atoms with E-state index in [9.17, 15) is 0 Å². The van der Waals surface area contributed by atoms with Crippen molar-refractivity contribution in [2.75, 3.05) is 0 Å². The maximum Gasteiger partial charge on any atom is 0.134 e. The first-order valence-electron chi connectivity index (χ1n) is 6.77. The summed E-state index contributed by atoms with van der Waals surface area (Å²) in [6, 6.07) is 8.44. The van der Waals surface area contributed by atoms with Gasteiger partial charge in [0, 0.05) is 28.4 Å². The Labute approximate surface area is 122 Å². The van der Waals surface area contributed by atoms with Crippen LogP contribution in [-0.4, -0.2) is 4.98 Å². The van der Waals surface area contributed by atoms with Crippen molar-refractivity contribution in [3.05, 3.63) is 51.7 Å². The molecule has 0 radical (unpaired) electrons. The molecule has 0 aliphatic rings. The molecule has 4 heteroatoms. The normalized spacial score (nSPS) is 12.9. The van der Waals surface area contributed by atoms with Crippen molar-refractivity contribution in [1.82, 2.24) is 10.3 Å². The van der Waals surface area contributed by atoms with E-state index in [0.29, 0.717) is 6.04 Å². The second-order valence-corrected chi connectivity index (χ2v) is 6.28. The van der Waals surface area contributed by atoms with Gasteiger partial charge in [0.15, 0.2) is 0 Å². The lowest BCUT2D eigenvalue weighted by Gasteiger charge is -2.12. The van der Waals surface area contributed by atoms with Crippen molar-refractivity contribution in [1.29, 1.82) is 0 Å². The van der Waals surface area contributed by atoms with Gasteiger partial charge in [0.25, 0.3) is 0 Å². The van der Waals surface area contributed by atoms with Crippen molar-refractivity contribution >= 4 is 22.3 Å². The first-order chi connectivity index (χ1) is 9.65. The highest BCUT2D eigenvalue weighted by Crippen LogP contribution is 2.26. The molecule has 0 saturated heterocycles. The molecule has 3 rings (SSSR count). The van der Waals surface area contributed by atoms with Gasteiger partial charge in [0.2, 0.25) is 0 Å². The average Bonchev–Trinajstić information content (AvgIpc) is 2.99. The number of benzene rings is 1. The quantitative estimate of drug-likeness (QED) is 0.774. The first-order valence-corrected chi connectivity index (χ1v) is 7.59. The Hall–Kier alpha value is -1.65. The van der Waals surface area contributed by atoms with Gasteiger partial charge in [-0.1, -0.05) is 18.2 Å². The van der Waals surface area contributed by atoms with Gasteiger partial charge in [0.05, 0.1) is 17.0 Å². The molecule has 3 aromatic rings. The number of furan rings is 1. The highest BCUT2D eigenvalue weighted by Gasteiger charge is 2.13. The van der Waals surface area contributed by atoms with Crippen LogP contribution in [0.3, 0.4) is 0 Å². The molecule has 1 atom stereocenters. The maximum atomic E-state index is 5.57. The van der Waals surface area contributed by atoms with Crippen LogP contribution in [0, 0.1) is 13.8 Å². The standard InChI is InChI=1S/C16H18N2OS/c1-10(16-11(2)18-12(3)20-16)17-8-13-9-19-15-7-5-4-6-14(13)15/h4-7,9-10,17H,8H2,1-3H3/t10-/m0/s1. The Kier molecular flexibility index (Phi) is 3.59. The van der Waals surface area contributed by atoms with Crippen LogP contribution in [-0.2, 0) is 6.54 Å². The van der Waals surface area contributed by atoms with E-state index in [1.807, 2.05) is 24.5 Å². The van der Waals surface area contributed by atoms with E-state index in [4.69, 9.17) is 4.42 Å². The highest BCUT2D eigenvalue weighted by molar-refractivity contribution is 7.11. The molecule has 104 valence electrons. The molecule has 3 nitrogen and oxygen atoms in total. The molecule has 0 bridgehead atoms. The molecule has 0 unspecified atom stereocenters. The molecule has 0 amide bonds. The Morgan fingerprint density at radius 2 is 2.10 bits per heavy atom. The van der Waals surface area contributed by atoms with Crippen molar-refractivity contribution in [2.24, 2.45) is 0 Å². The smallest absolute Gasteiger partial charge is 0.134 e. The van der Waals surface area contributed by atoms with E-state index in [-0.39, 0.29) is 0 Å². The van der Waals surface area contributed by atoms with Crippen molar-refractivity contribution < 1.29 is 4.42 Å². The van der Waals surface area contributed by atoms with E-state index < -0.39 is 0 Å². The summed E-state index contributed by atoms with van der Waals surface area (Å²) in [5, 5.41) is 5.87. The summed E-state index contributed by atoms with van der Waals surface area (Å²) < 4.78 is 5.57. The topological polar surface area (TPSA) is 38.1 Å². The number of aromatic nitrogens is 1. The monoisotopic (exact) mass is 286 g/mol. The number of thiazole rings is 1. The zero-order valence-electron chi connectivity index (χ0n) is 11.9. The number of aryl methyl sites for hydroxylation is 2. The number of hydrogen-bond acceptors (Lipinski definition) is 4. The molecule has 0 aliphatic carbocycles. The van der Waals surface area contributed by atoms with E-state index in [1.54, 1.807) is 11.3 Å². The highest BCUT2D eigenvalue weighted by atomic mass is 32.1. The van der Waals surface area contributed by atoms with Gasteiger partial charge < -0.3 is 9.73 Å². The number of nitrogens with one attached hydrogen (secondary N) is 1. The fourth-order valence-electron chi connectivity index (χ4n) is 2.47. The van der Waals surface area contributed by atoms with Crippen LogP contribution < -0.4 is 5.32 Å². The SMILES string of the molecule is Cc1nc(C)c([C@H](C)NCc2coc3ccccc23)s1. The van der Waals surface area contributed by atoms with Crippen molar-refractivity contribution in [3.8, 4) is 0 Å². The molecule has 1 N–H and O–H groups in total. The van der Waals surface area contributed by atoms with Gasteiger partial charge in [0.1, 0.15) is 5.58 Å². The largest absolute Gasteiger partial charge is 0.464 e. The maximum absolute atomic E-state index is 5.57. The molecular weight excluding hydrogens is 268 g/mol. The fraction of sp³-hybridized carbons (Fsp3) is 0.312. The number of fused-ring (bicyclic) bond motifs is 1. The molecule has 2 heterocycles. The van der Waals surface area contributed by atoms with Crippen LogP contribution in [0.1, 0.15) is 34.1 Å². The van der Waals surface area contributed by atoms with E-state index in [2.05, 4.69) is 37.1 Å². The molecule has 0 saturated carbocycles. The molecule has 2 aromatic heterocycles. The number of para-hydroxylation sites is 1. The lowest BCUT2D eigenvalue weighted by molar-refractivity contribution is 0.566. The van der Waals surface area contributed by atoms with Crippen LogP contribution >= 0.6 is 11.3 Å². The van der Waals surface area contributed by atoms with Crippen molar-refractivity contribution in [2.45, 2.75) is 33.4 Å². The third-order valence-corrected chi connectivity index (χ3v) is 4.75. The summed E-state index contributed by atoms with van der Waals surface area (Å²) in [5.41, 5.74) is 3.28. The fourth-order valence-corrected chi connectivity index (χ4v) is 3.43. The Balaban J connectivity index is 1.74. The summed E-state index contributed by atoms with van der Waals surface area (Å²) in [5.74, 6) is 0. The van der Waals surface area contributed by atoms with E-state index >= 15 is 0 Å². The number of rotatable bonds is 4. The van der Waals surface area contributed by atoms with Gasteiger partial charge in [-0.15, -0.1) is 11.3 Å². The molecular formula is C16H18N2OS. The molecule has 0 spiro atoms. The summed E-state index contributed by atoms with van der Waals surface area (Å²) in [4.78, 5) is 5.80. The lowest BCUT2D eigenvalue weighted by Crippen LogP contribution is -2.17. The Bertz CT molecular complexity index is 729. The van der Waals surface area contributed by atoms with Gasteiger partial charge in [-0.25, -0.2) is 4.98 Å². The molecule has 0 aliphatic heterocycles. The van der Waals surface area contributed by atoms with Crippen LogP contribution in [0.2, 0.25) is 0 Å². The van der Waals surface area contributed by atoms with Crippen LogP contribution in [0.25, 0.3) is 11.0 Å². The van der Waals surface area contributed by atoms with Crippen molar-refractivity contribution in [3.63, 3.8) is 0 Å². The zero-order chi connectivity index (χ0) is 14.1. The van der Waals surface area contributed by atoms with Gasteiger partial charge >= 0.3 is 0 Å². The summed E-state index contributed by atoms with van der Waals surface area (Å²) in [6.07, 6.45) is 1.84. The van der Waals surface area contributed by atoms with Crippen LogP contribution in [0.15, 0.2) is 34.9 Å². The van der Waals surface area contributed by atoms with Crippen LogP contribution in [0.5, 0.6) is 0 Å². The molecule has 1 aromatic carbocycles. The second kappa shape index (κ2) is 5.38. The van der Waals surface area contributed by atoms with Gasteiger partial charge in [-0.3, -0.25) is 0 Å². The minimum Gasteiger partial charge on any atom is -0.464 e. The number of nitrogens with zero attached hydrogens (tertiary/aromatic N) is 1. The minimum atomic E-state index is 0.301. The van der Waals surface area contributed by atoms with E-state index in [1.165, 1.54) is 15.8 Å². The van der Waals surface area contributed by atoms with Crippen LogP contribution in [0.4, 0.5) is 0 Å². The minimum absolute atomic E-state index is 0.301. The number of hydrogen-bond donors (Lipinski definition) is 1. The summed E-state index contributed by atoms with van der Waals surface area (Å²) >= 11 is 1.77. The Morgan fingerprint density at radius 1 is 1.30 bits per heavy atom. The van der Waals surface area contributed by atoms with E-state index in [0.717, 1.165) is 22.8 Å². The summed E-state index contributed by atoms with van der Waals surface area (Å²) in [7, 11) is 0. The average molecular weight is 286 g/mol. The molecule has 20 heavy (non-hydrogen) atoms. The second-order valence-electron chi connectivity index (χ2n) is 5.04. The molecule has 0 fully saturated rings. The van der Waals surface area contributed by atoms with Gasteiger partial charge in [-0.05, 0) is 26.8 Å². The zero-order valence-corrected chi connectivity index (χ0v) is 12.8. The Morgan fingerprint density at radius 3 is 2.85 bits per heavy atom. The lowest BCUT2D eigenvalue weighted by atomic mass is 10.1.